The van der Waals surface area contributed by atoms with Gasteiger partial charge in [-0.1, -0.05) is 71.9 Å². The van der Waals surface area contributed by atoms with Gasteiger partial charge in [-0.15, -0.1) is 6.58 Å². The Morgan fingerprint density at radius 1 is 1.12 bits per heavy atom. The molecule has 25 heavy (non-hydrogen) atoms. The molecule has 128 valence electrons. The number of benzene rings is 2. The van der Waals surface area contributed by atoms with Crippen LogP contribution < -0.4 is 0 Å². The van der Waals surface area contributed by atoms with Crippen LogP contribution in [0.25, 0.3) is 0 Å². The monoisotopic (exact) mass is 332 g/mol. The number of nitrogens with zero attached hydrogens (tertiary/aromatic N) is 2. The zero-order chi connectivity index (χ0) is 17.1. The van der Waals surface area contributed by atoms with E-state index in [0.717, 1.165) is 35.8 Å². The zero-order valence-electron chi connectivity index (χ0n) is 14.5. The van der Waals surface area contributed by atoms with Gasteiger partial charge in [0.2, 0.25) is 0 Å². The molecular weight excluding hydrogens is 308 g/mol. The van der Waals surface area contributed by atoms with E-state index < -0.39 is 0 Å². The van der Waals surface area contributed by atoms with Crippen LogP contribution in [-0.2, 0) is 11.4 Å². The minimum Gasteiger partial charge on any atom is -0.391 e. The minimum absolute atomic E-state index is 0.0108. The van der Waals surface area contributed by atoms with E-state index in [9.17, 15) is 0 Å². The van der Waals surface area contributed by atoms with Crippen molar-refractivity contribution < 1.29 is 4.84 Å². The fourth-order valence-corrected chi connectivity index (χ4v) is 4.27. The molecule has 0 N–H and O–H groups in total. The molecule has 3 heteroatoms. The van der Waals surface area contributed by atoms with Crippen molar-refractivity contribution in [2.75, 3.05) is 13.1 Å². The standard InChI is InChI=1S/C22H24N2O/c1-2-13-24-16-19-14-22(24,15-19)21(20-11-7-4-8-12-20)23-25-17-18-9-5-3-6-10-18/h2-12,19H,1,13-17H2/b23-21+. The molecule has 2 aromatic carbocycles. The van der Waals surface area contributed by atoms with Crippen molar-refractivity contribution in [2.45, 2.75) is 25.0 Å². The number of fused-ring (bicyclic) bond motifs is 1. The number of oxime groups is 1. The maximum atomic E-state index is 5.80. The Labute approximate surface area is 149 Å². The normalized spacial score (nSPS) is 25.4. The van der Waals surface area contributed by atoms with E-state index in [1.54, 1.807) is 0 Å². The highest BCUT2D eigenvalue weighted by molar-refractivity contribution is 6.08. The Hall–Kier alpha value is -2.39. The van der Waals surface area contributed by atoms with E-state index in [1.807, 2.05) is 30.3 Å². The van der Waals surface area contributed by atoms with Gasteiger partial charge >= 0.3 is 0 Å². The molecule has 0 radical (unpaired) electrons. The Balaban J connectivity index is 1.61. The lowest BCUT2D eigenvalue weighted by Gasteiger charge is -2.42. The fourth-order valence-electron chi connectivity index (χ4n) is 4.27. The third-order valence-corrected chi connectivity index (χ3v) is 5.40. The van der Waals surface area contributed by atoms with Gasteiger partial charge in [0.1, 0.15) is 12.3 Å². The summed E-state index contributed by atoms with van der Waals surface area (Å²) in [5.74, 6) is 0.781. The lowest BCUT2D eigenvalue weighted by Crippen LogP contribution is -2.53. The summed E-state index contributed by atoms with van der Waals surface area (Å²) < 4.78 is 0. The third-order valence-electron chi connectivity index (χ3n) is 5.40. The Morgan fingerprint density at radius 2 is 1.80 bits per heavy atom. The fraction of sp³-hybridized carbons (Fsp3) is 0.318. The Morgan fingerprint density at radius 3 is 2.48 bits per heavy atom. The maximum Gasteiger partial charge on any atom is 0.142 e. The van der Waals surface area contributed by atoms with Crippen LogP contribution in [0.5, 0.6) is 0 Å². The van der Waals surface area contributed by atoms with Crippen LogP contribution in [0.2, 0.25) is 0 Å². The summed E-state index contributed by atoms with van der Waals surface area (Å²) in [6.45, 7) is 6.47. The second kappa shape index (κ2) is 6.85. The summed E-state index contributed by atoms with van der Waals surface area (Å²) in [6.07, 6.45) is 4.34. The van der Waals surface area contributed by atoms with Crippen LogP contribution in [0.15, 0.2) is 78.5 Å². The zero-order valence-corrected chi connectivity index (χ0v) is 14.5. The first-order valence-corrected chi connectivity index (χ1v) is 8.97. The molecule has 0 atom stereocenters. The summed E-state index contributed by atoms with van der Waals surface area (Å²) in [7, 11) is 0. The van der Waals surface area contributed by atoms with E-state index in [1.165, 1.54) is 12.8 Å². The molecule has 5 rings (SSSR count). The van der Waals surface area contributed by atoms with Gasteiger partial charge in [-0.25, -0.2) is 0 Å². The first kappa shape index (κ1) is 16.1. The summed E-state index contributed by atoms with van der Waals surface area (Å²) in [5.41, 5.74) is 3.37. The Kier molecular flexibility index (Phi) is 4.41. The first-order valence-electron chi connectivity index (χ1n) is 8.97. The SMILES string of the molecule is C=CCN1CC2CC1(/C(=N/OCc1ccccc1)c1ccccc1)C2. The first-order chi connectivity index (χ1) is 12.3. The van der Waals surface area contributed by atoms with E-state index in [4.69, 9.17) is 4.84 Å². The molecule has 3 fully saturated rings. The van der Waals surface area contributed by atoms with Gasteiger partial charge in [0, 0.05) is 18.7 Å². The summed E-state index contributed by atoms with van der Waals surface area (Å²) in [6, 6.07) is 20.7. The summed E-state index contributed by atoms with van der Waals surface area (Å²) in [4.78, 5) is 8.32. The van der Waals surface area contributed by atoms with Crippen LogP contribution in [0.1, 0.15) is 24.0 Å². The van der Waals surface area contributed by atoms with Crippen molar-refractivity contribution in [3.63, 3.8) is 0 Å². The van der Waals surface area contributed by atoms with Gasteiger partial charge in [0.15, 0.2) is 0 Å². The van der Waals surface area contributed by atoms with Gasteiger partial charge in [0.25, 0.3) is 0 Å². The van der Waals surface area contributed by atoms with Gasteiger partial charge in [0.05, 0.1) is 5.54 Å². The summed E-state index contributed by atoms with van der Waals surface area (Å²) in [5, 5.41) is 4.65. The van der Waals surface area contributed by atoms with Crippen LogP contribution in [-0.4, -0.2) is 29.2 Å². The van der Waals surface area contributed by atoms with Crippen LogP contribution in [0.4, 0.5) is 0 Å². The van der Waals surface area contributed by atoms with Crippen molar-refractivity contribution in [1.29, 1.82) is 0 Å². The van der Waals surface area contributed by atoms with Crippen molar-refractivity contribution in [3.8, 4) is 0 Å². The molecule has 2 aromatic rings. The van der Waals surface area contributed by atoms with Crippen LogP contribution >= 0.6 is 0 Å². The molecule has 3 nitrogen and oxygen atoms in total. The molecular formula is C22H24N2O. The van der Waals surface area contributed by atoms with Gasteiger partial charge in [-0.3, -0.25) is 4.90 Å². The highest BCUT2D eigenvalue weighted by Gasteiger charge is 2.59. The van der Waals surface area contributed by atoms with Crippen LogP contribution in [0.3, 0.4) is 0 Å². The van der Waals surface area contributed by atoms with Gasteiger partial charge in [-0.05, 0) is 24.3 Å². The lowest BCUT2D eigenvalue weighted by atomic mass is 9.69. The predicted molar refractivity (Wildman–Crippen MR) is 101 cm³/mol. The van der Waals surface area contributed by atoms with E-state index in [-0.39, 0.29) is 5.54 Å². The molecule has 3 aliphatic rings. The minimum atomic E-state index is 0.0108. The molecule has 2 saturated heterocycles. The second-order valence-electron chi connectivity index (χ2n) is 7.06. The van der Waals surface area contributed by atoms with Crippen molar-refractivity contribution >= 4 is 5.71 Å². The molecule has 0 aromatic heterocycles. The van der Waals surface area contributed by atoms with E-state index in [0.29, 0.717) is 6.61 Å². The largest absolute Gasteiger partial charge is 0.391 e. The molecule has 0 unspecified atom stereocenters. The highest BCUT2D eigenvalue weighted by atomic mass is 16.6. The lowest BCUT2D eigenvalue weighted by molar-refractivity contribution is 0.119. The number of hydrogen-bond acceptors (Lipinski definition) is 3. The smallest absolute Gasteiger partial charge is 0.142 e. The molecule has 2 aliphatic heterocycles. The molecule has 1 aliphatic carbocycles. The van der Waals surface area contributed by atoms with Gasteiger partial charge < -0.3 is 4.84 Å². The quantitative estimate of drug-likeness (QED) is 0.430. The second-order valence-corrected chi connectivity index (χ2v) is 7.06. The van der Waals surface area contributed by atoms with Crippen molar-refractivity contribution in [3.05, 3.63) is 84.4 Å². The molecule has 2 heterocycles. The third kappa shape index (κ3) is 3.00. The van der Waals surface area contributed by atoms with Crippen LogP contribution in [0, 0.1) is 5.92 Å². The molecule has 2 bridgehead atoms. The molecule has 0 amide bonds. The predicted octanol–water partition coefficient (Wildman–Crippen LogP) is 4.26. The van der Waals surface area contributed by atoms with Gasteiger partial charge in [-0.2, -0.15) is 0 Å². The average Bonchev–Trinajstić information content (AvgIpc) is 3.15. The van der Waals surface area contributed by atoms with E-state index >= 15 is 0 Å². The highest BCUT2D eigenvalue weighted by Crippen LogP contribution is 2.52. The van der Waals surface area contributed by atoms with E-state index in [2.05, 4.69) is 53.0 Å². The van der Waals surface area contributed by atoms with Crippen molar-refractivity contribution in [1.82, 2.24) is 4.90 Å². The Bertz CT molecular complexity index is 748. The molecule has 0 spiro atoms. The molecule has 1 saturated carbocycles. The number of hydrogen-bond donors (Lipinski definition) is 0. The number of rotatable bonds is 7. The summed E-state index contributed by atoms with van der Waals surface area (Å²) >= 11 is 0. The maximum absolute atomic E-state index is 5.80. The van der Waals surface area contributed by atoms with Crippen molar-refractivity contribution in [2.24, 2.45) is 11.1 Å². The average molecular weight is 332 g/mol. The topological polar surface area (TPSA) is 24.8 Å².